The molecule has 0 aliphatic rings. The zero-order valence-corrected chi connectivity index (χ0v) is 7.48. The number of hydrogen-bond acceptors (Lipinski definition) is 3. The van der Waals surface area contributed by atoms with E-state index < -0.39 is 11.9 Å². The van der Waals surface area contributed by atoms with E-state index >= 15 is 0 Å². The molecule has 0 spiro atoms. The standard InChI is InChI=1S/C9H9NO4.Na.H/c1-6(11)10-14-8-5-3-2-4-7(8)9(12)13;;/h2-5H,1H3,(H,10,11)(H,12,13);;. The summed E-state index contributed by atoms with van der Waals surface area (Å²) in [7, 11) is 0. The SMILES string of the molecule is CC(=O)NOc1ccccc1C(=O)O.[NaH]. The molecule has 0 aliphatic carbocycles. The van der Waals surface area contributed by atoms with Crippen molar-refractivity contribution in [2.45, 2.75) is 6.92 Å². The van der Waals surface area contributed by atoms with Crippen LogP contribution in [0.25, 0.3) is 0 Å². The number of hydroxylamine groups is 1. The molecule has 5 nitrogen and oxygen atoms in total. The van der Waals surface area contributed by atoms with Crippen molar-refractivity contribution in [3.8, 4) is 5.75 Å². The average molecular weight is 219 g/mol. The number of nitrogens with one attached hydrogen (secondary N) is 1. The molecule has 1 aromatic rings. The number of rotatable bonds is 3. The normalized spacial score (nSPS) is 8.60. The van der Waals surface area contributed by atoms with Gasteiger partial charge in [-0.2, -0.15) is 5.48 Å². The molecule has 0 saturated carbocycles. The van der Waals surface area contributed by atoms with Crippen LogP contribution >= 0.6 is 0 Å². The van der Waals surface area contributed by atoms with Crippen LogP contribution in [0.5, 0.6) is 5.75 Å². The molecule has 76 valence electrons. The van der Waals surface area contributed by atoms with Crippen molar-refractivity contribution in [3.05, 3.63) is 29.8 Å². The van der Waals surface area contributed by atoms with Gasteiger partial charge < -0.3 is 9.94 Å². The molecule has 1 aromatic carbocycles. The van der Waals surface area contributed by atoms with Crippen molar-refractivity contribution in [3.63, 3.8) is 0 Å². The zero-order chi connectivity index (χ0) is 10.6. The number of amides is 1. The minimum absolute atomic E-state index is 0. The summed E-state index contributed by atoms with van der Waals surface area (Å²) in [5, 5.41) is 8.74. The second-order valence-corrected chi connectivity index (χ2v) is 2.56. The van der Waals surface area contributed by atoms with E-state index in [2.05, 4.69) is 5.48 Å². The second-order valence-electron chi connectivity index (χ2n) is 2.56. The van der Waals surface area contributed by atoms with Crippen LogP contribution in [0, 0.1) is 0 Å². The Morgan fingerprint density at radius 1 is 1.33 bits per heavy atom. The van der Waals surface area contributed by atoms with Crippen molar-refractivity contribution in [2.24, 2.45) is 0 Å². The summed E-state index contributed by atoms with van der Waals surface area (Å²) in [5.74, 6) is -1.40. The Bertz CT molecular complexity index is 367. The van der Waals surface area contributed by atoms with Crippen LogP contribution in [0.15, 0.2) is 24.3 Å². The number of carbonyl (C=O) groups excluding carboxylic acids is 1. The Morgan fingerprint density at radius 2 is 1.93 bits per heavy atom. The fourth-order valence-electron chi connectivity index (χ4n) is 0.859. The van der Waals surface area contributed by atoms with Gasteiger partial charge in [0.15, 0.2) is 5.75 Å². The van der Waals surface area contributed by atoms with Crippen LogP contribution in [-0.2, 0) is 4.79 Å². The first-order valence-electron chi connectivity index (χ1n) is 3.87. The zero-order valence-electron chi connectivity index (χ0n) is 7.48. The molecule has 0 fully saturated rings. The first-order valence-corrected chi connectivity index (χ1v) is 3.87. The molecule has 6 heteroatoms. The second kappa shape index (κ2) is 6.44. The molecule has 0 aliphatic heterocycles. The Kier molecular flexibility index (Phi) is 6.00. The monoisotopic (exact) mass is 219 g/mol. The summed E-state index contributed by atoms with van der Waals surface area (Å²) in [6.45, 7) is 1.27. The Hall–Kier alpha value is -1.04. The number of aromatic carboxylic acids is 1. The van der Waals surface area contributed by atoms with E-state index in [1.54, 1.807) is 12.1 Å². The molecule has 15 heavy (non-hydrogen) atoms. The molecular formula is C9H10NNaO4. The van der Waals surface area contributed by atoms with E-state index in [4.69, 9.17) is 9.94 Å². The van der Waals surface area contributed by atoms with Gasteiger partial charge in [-0.05, 0) is 12.1 Å². The van der Waals surface area contributed by atoms with E-state index in [1.165, 1.54) is 19.1 Å². The maximum atomic E-state index is 10.7. The molecule has 0 heterocycles. The Labute approximate surface area is 109 Å². The molecule has 0 aromatic heterocycles. The number of hydrogen-bond donors (Lipinski definition) is 2. The van der Waals surface area contributed by atoms with Gasteiger partial charge in [0, 0.05) is 6.92 Å². The van der Waals surface area contributed by atoms with Crippen LogP contribution in [0.2, 0.25) is 0 Å². The van der Waals surface area contributed by atoms with Crippen LogP contribution in [0.1, 0.15) is 17.3 Å². The van der Waals surface area contributed by atoms with Gasteiger partial charge in [-0.25, -0.2) is 4.79 Å². The molecule has 0 radical (unpaired) electrons. The minimum atomic E-state index is -1.11. The maximum absolute atomic E-state index is 10.7. The van der Waals surface area contributed by atoms with E-state index in [0.29, 0.717) is 0 Å². The molecule has 1 amide bonds. The van der Waals surface area contributed by atoms with Gasteiger partial charge in [-0.3, -0.25) is 4.79 Å². The van der Waals surface area contributed by atoms with E-state index in [0.717, 1.165) is 0 Å². The summed E-state index contributed by atoms with van der Waals surface area (Å²) < 4.78 is 0. The van der Waals surface area contributed by atoms with Crippen LogP contribution in [0.3, 0.4) is 0 Å². The van der Waals surface area contributed by atoms with Gasteiger partial charge in [0.05, 0.1) is 0 Å². The third kappa shape index (κ3) is 4.33. The fourth-order valence-corrected chi connectivity index (χ4v) is 0.859. The van der Waals surface area contributed by atoms with Gasteiger partial charge in [0.2, 0.25) is 5.91 Å². The molecule has 0 saturated heterocycles. The molecule has 0 bridgehead atoms. The van der Waals surface area contributed by atoms with Crippen LogP contribution < -0.4 is 10.3 Å². The van der Waals surface area contributed by atoms with E-state index in [-0.39, 0.29) is 40.9 Å². The van der Waals surface area contributed by atoms with E-state index in [9.17, 15) is 9.59 Å². The number of benzene rings is 1. The Morgan fingerprint density at radius 3 is 2.47 bits per heavy atom. The topological polar surface area (TPSA) is 75.6 Å². The number of carbonyl (C=O) groups is 2. The third-order valence-corrected chi connectivity index (χ3v) is 1.42. The molecule has 0 atom stereocenters. The first-order chi connectivity index (χ1) is 6.61. The van der Waals surface area contributed by atoms with Gasteiger partial charge in [-0.15, -0.1) is 0 Å². The van der Waals surface area contributed by atoms with E-state index in [1.807, 2.05) is 0 Å². The first kappa shape index (κ1) is 14.0. The van der Waals surface area contributed by atoms with Gasteiger partial charge in [0.25, 0.3) is 0 Å². The van der Waals surface area contributed by atoms with Gasteiger partial charge in [0.1, 0.15) is 5.56 Å². The number of carboxylic acids is 1. The predicted octanol–water partition coefficient (Wildman–Crippen LogP) is 0.166. The molecule has 0 unspecified atom stereocenters. The van der Waals surface area contributed by atoms with Crippen molar-refractivity contribution in [2.75, 3.05) is 0 Å². The molecular weight excluding hydrogens is 209 g/mol. The Balaban J connectivity index is 0.00000196. The van der Waals surface area contributed by atoms with Gasteiger partial charge in [-0.1, -0.05) is 12.1 Å². The fraction of sp³-hybridized carbons (Fsp3) is 0.111. The third-order valence-electron chi connectivity index (χ3n) is 1.42. The molecule has 2 N–H and O–H groups in total. The summed E-state index contributed by atoms with van der Waals surface area (Å²) in [4.78, 5) is 26.0. The van der Waals surface area contributed by atoms with Gasteiger partial charge >= 0.3 is 35.5 Å². The number of para-hydroxylation sites is 1. The van der Waals surface area contributed by atoms with Crippen molar-refractivity contribution in [1.29, 1.82) is 0 Å². The summed E-state index contributed by atoms with van der Waals surface area (Å²) in [5.41, 5.74) is 2.06. The van der Waals surface area contributed by atoms with Crippen molar-refractivity contribution < 1.29 is 19.5 Å². The summed E-state index contributed by atoms with van der Waals surface area (Å²) >= 11 is 0. The average Bonchev–Trinajstić information content (AvgIpc) is 2.15. The predicted molar refractivity (Wildman–Crippen MR) is 55.0 cm³/mol. The molecule has 1 rings (SSSR count). The van der Waals surface area contributed by atoms with Crippen LogP contribution in [-0.4, -0.2) is 46.5 Å². The van der Waals surface area contributed by atoms with Crippen molar-refractivity contribution in [1.82, 2.24) is 5.48 Å². The number of carboxylic acid groups (broad SMARTS) is 1. The van der Waals surface area contributed by atoms with Crippen molar-refractivity contribution >= 4 is 41.4 Å². The quantitative estimate of drug-likeness (QED) is 0.561. The summed E-state index contributed by atoms with van der Waals surface area (Å²) in [6, 6.07) is 6.03. The van der Waals surface area contributed by atoms with Crippen LogP contribution in [0.4, 0.5) is 0 Å². The summed E-state index contributed by atoms with van der Waals surface area (Å²) in [6.07, 6.45) is 0.